The van der Waals surface area contributed by atoms with E-state index in [4.69, 9.17) is 9.84 Å². The molecule has 25 heavy (non-hydrogen) atoms. The van der Waals surface area contributed by atoms with Crippen LogP contribution < -0.4 is 10.1 Å². The Morgan fingerprint density at radius 2 is 1.96 bits per heavy atom. The molecule has 0 bridgehead atoms. The number of benzene rings is 1. The Balaban J connectivity index is 1.53. The Hall–Kier alpha value is -2.67. The molecular formula is C18H20FN3O3. The predicted octanol–water partition coefficient (Wildman–Crippen LogP) is 3.25. The number of carbonyl (C=O) groups is 1. The van der Waals surface area contributed by atoms with Crippen LogP contribution in [0.3, 0.4) is 0 Å². The number of aliphatic hydroxyl groups is 1. The van der Waals surface area contributed by atoms with E-state index in [-0.39, 0.29) is 24.4 Å². The first-order chi connectivity index (χ1) is 12.1. The molecule has 0 atom stereocenters. The topological polar surface area (TPSA) is 74.7 Å². The molecule has 7 heteroatoms. The number of rotatable bonds is 4. The number of pyridine rings is 1. The third-order valence-electron chi connectivity index (χ3n) is 4.18. The van der Waals surface area contributed by atoms with Gasteiger partial charge in [-0.15, -0.1) is 0 Å². The minimum atomic E-state index is -0.332. The molecule has 0 saturated carbocycles. The van der Waals surface area contributed by atoms with Crippen molar-refractivity contribution in [1.29, 1.82) is 0 Å². The zero-order valence-corrected chi connectivity index (χ0v) is 13.7. The van der Waals surface area contributed by atoms with Gasteiger partial charge in [-0.05, 0) is 49.1 Å². The van der Waals surface area contributed by atoms with Crippen LogP contribution in [0.2, 0.25) is 0 Å². The third kappa shape index (κ3) is 4.67. The van der Waals surface area contributed by atoms with Gasteiger partial charge in [0, 0.05) is 25.8 Å². The van der Waals surface area contributed by atoms with Crippen molar-refractivity contribution in [2.45, 2.75) is 12.8 Å². The lowest BCUT2D eigenvalue weighted by atomic mass is 9.98. The van der Waals surface area contributed by atoms with Gasteiger partial charge in [-0.25, -0.2) is 14.2 Å². The standard InChI is InChI=1S/C18H20FN3O3/c19-14-1-4-16(5-2-14)25-17-6-3-15(11-20-17)21-18(24)22-9-7-13(12-23)8-10-22/h1-6,11,13,23H,7-10,12H2,(H,21,24). The molecule has 3 rings (SSSR count). The number of piperidine rings is 1. The van der Waals surface area contributed by atoms with Crippen LogP contribution >= 0.6 is 0 Å². The number of halogens is 1. The fourth-order valence-corrected chi connectivity index (χ4v) is 2.66. The number of urea groups is 1. The van der Waals surface area contributed by atoms with Gasteiger partial charge in [0.05, 0.1) is 11.9 Å². The SMILES string of the molecule is O=C(Nc1ccc(Oc2ccc(F)cc2)nc1)N1CCC(CO)CC1. The van der Waals surface area contributed by atoms with Crippen LogP contribution in [0.25, 0.3) is 0 Å². The molecule has 1 aromatic heterocycles. The normalized spacial score (nSPS) is 15.0. The number of amides is 2. The van der Waals surface area contributed by atoms with Crippen molar-refractivity contribution in [1.82, 2.24) is 9.88 Å². The Labute approximate surface area is 145 Å². The lowest BCUT2D eigenvalue weighted by Gasteiger charge is -2.31. The summed E-state index contributed by atoms with van der Waals surface area (Å²) in [7, 11) is 0. The van der Waals surface area contributed by atoms with Crippen molar-refractivity contribution in [3.63, 3.8) is 0 Å². The van der Waals surface area contributed by atoms with Crippen LogP contribution in [0.1, 0.15) is 12.8 Å². The van der Waals surface area contributed by atoms with Crippen LogP contribution in [-0.2, 0) is 0 Å². The zero-order valence-electron chi connectivity index (χ0n) is 13.7. The number of nitrogens with zero attached hydrogens (tertiary/aromatic N) is 2. The van der Waals surface area contributed by atoms with E-state index < -0.39 is 0 Å². The van der Waals surface area contributed by atoms with E-state index in [1.165, 1.54) is 30.5 Å². The van der Waals surface area contributed by atoms with E-state index in [2.05, 4.69) is 10.3 Å². The Bertz CT molecular complexity index is 699. The van der Waals surface area contributed by atoms with E-state index in [9.17, 15) is 9.18 Å². The molecule has 0 unspecified atom stereocenters. The molecule has 1 aromatic carbocycles. The maximum atomic E-state index is 12.9. The van der Waals surface area contributed by atoms with Crippen LogP contribution in [-0.4, -0.2) is 40.7 Å². The summed E-state index contributed by atoms with van der Waals surface area (Å²) in [5, 5.41) is 11.9. The van der Waals surface area contributed by atoms with Crippen LogP contribution in [0, 0.1) is 11.7 Å². The second-order valence-corrected chi connectivity index (χ2v) is 5.98. The summed E-state index contributed by atoms with van der Waals surface area (Å²) in [5.41, 5.74) is 0.570. The molecule has 2 amide bonds. The largest absolute Gasteiger partial charge is 0.439 e. The number of ether oxygens (including phenoxy) is 1. The first-order valence-electron chi connectivity index (χ1n) is 8.20. The number of hydrogen-bond acceptors (Lipinski definition) is 4. The molecule has 2 N–H and O–H groups in total. The number of hydrogen-bond donors (Lipinski definition) is 2. The zero-order chi connectivity index (χ0) is 17.6. The fourth-order valence-electron chi connectivity index (χ4n) is 2.66. The van der Waals surface area contributed by atoms with E-state index in [1.807, 2.05) is 0 Å². The molecule has 2 aromatic rings. The minimum Gasteiger partial charge on any atom is -0.439 e. The highest BCUT2D eigenvalue weighted by molar-refractivity contribution is 5.89. The van der Waals surface area contributed by atoms with E-state index >= 15 is 0 Å². The van der Waals surface area contributed by atoms with Crippen LogP contribution in [0.4, 0.5) is 14.9 Å². The highest BCUT2D eigenvalue weighted by Gasteiger charge is 2.22. The van der Waals surface area contributed by atoms with Gasteiger partial charge >= 0.3 is 6.03 Å². The Kier molecular flexibility index (Phi) is 5.45. The molecule has 0 aliphatic carbocycles. The average Bonchev–Trinajstić information content (AvgIpc) is 2.65. The predicted molar refractivity (Wildman–Crippen MR) is 91.1 cm³/mol. The van der Waals surface area contributed by atoms with Crippen molar-refractivity contribution >= 4 is 11.7 Å². The lowest BCUT2D eigenvalue weighted by molar-refractivity contribution is 0.143. The molecule has 1 aliphatic heterocycles. The fraction of sp³-hybridized carbons (Fsp3) is 0.333. The van der Waals surface area contributed by atoms with Gasteiger partial charge in [0.2, 0.25) is 5.88 Å². The monoisotopic (exact) mass is 345 g/mol. The summed E-state index contributed by atoms with van der Waals surface area (Å²) < 4.78 is 18.4. The summed E-state index contributed by atoms with van der Waals surface area (Å²) in [6, 6.07) is 8.81. The number of likely N-dealkylation sites (tertiary alicyclic amines) is 1. The summed E-state index contributed by atoms with van der Waals surface area (Å²) in [5.74, 6) is 0.792. The van der Waals surface area contributed by atoms with Gasteiger partial charge in [0.15, 0.2) is 0 Å². The molecular weight excluding hydrogens is 325 g/mol. The highest BCUT2D eigenvalue weighted by Crippen LogP contribution is 2.21. The minimum absolute atomic E-state index is 0.175. The molecule has 6 nitrogen and oxygen atoms in total. The lowest BCUT2D eigenvalue weighted by Crippen LogP contribution is -2.41. The molecule has 2 heterocycles. The van der Waals surface area contributed by atoms with Gasteiger partial charge in [-0.3, -0.25) is 0 Å². The van der Waals surface area contributed by atoms with E-state index in [0.717, 1.165) is 12.8 Å². The van der Waals surface area contributed by atoms with Crippen molar-refractivity contribution < 1.29 is 19.0 Å². The smallest absolute Gasteiger partial charge is 0.321 e. The number of nitrogens with one attached hydrogen (secondary N) is 1. The van der Waals surface area contributed by atoms with Crippen molar-refractivity contribution in [2.24, 2.45) is 5.92 Å². The summed E-state index contributed by atoms with van der Waals surface area (Å²) in [4.78, 5) is 18.1. The van der Waals surface area contributed by atoms with Gasteiger partial charge in [0.1, 0.15) is 11.6 Å². The number of aromatic nitrogens is 1. The van der Waals surface area contributed by atoms with Crippen molar-refractivity contribution in [3.8, 4) is 11.6 Å². The molecule has 1 aliphatic rings. The second-order valence-electron chi connectivity index (χ2n) is 5.98. The van der Waals surface area contributed by atoms with E-state index in [1.54, 1.807) is 17.0 Å². The highest BCUT2D eigenvalue weighted by atomic mass is 19.1. The summed E-state index contributed by atoms with van der Waals surface area (Å²) in [6.07, 6.45) is 3.14. The first-order valence-corrected chi connectivity index (χ1v) is 8.20. The third-order valence-corrected chi connectivity index (χ3v) is 4.18. The Morgan fingerprint density at radius 1 is 1.24 bits per heavy atom. The van der Waals surface area contributed by atoms with E-state index in [0.29, 0.717) is 30.4 Å². The molecule has 0 radical (unpaired) electrons. The van der Waals surface area contributed by atoms with Crippen molar-refractivity contribution in [3.05, 3.63) is 48.4 Å². The second kappa shape index (κ2) is 7.94. The molecule has 132 valence electrons. The summed E-state index contributed by atoms with van der Waals surface area (Å²) >= 11 is 0. The number of anilines is 1. The van der Waals surface area contributed by atoms with Crippen LogP contribution in [0.5, 0.6) is 11.6 Å². The summed E-state index contributed by atoms with van der Waals surface area (Å²) in [6.45, 7) is 1.45. The number of aliphatic hydroxyl groups excluding tert-OH is 1. The Morgan fingerprint density at radius 3 is 2.56 bits per heavy atom. The van der Waals surface area contributed by atoms with Gasteiger partial charge in [-0.1, -0.05) is 0 Å². The average molecular weight is 345 g/mol. The maximum absolute atomic E-state index is 12.9. The quantitative estimate of drug-likeness (QED) is 0.892. The maximum Gasteiger partial charge on any atom is 0.321 e. The first kappa shape index (κ1) is 17.2. The molecule has 0 spiro atoms. The van der Waals surface area contributed by atoms with Gasteiger partial charge in [0.25, 0.3) is 0 Å². The van der Waals surface area contributed by atoms with Gasteiger partial charge in [-0.2, -0.15) is 0 Å². The molecule has 1 fully saturated rings. The number of carbonyl (C=O) groups excluding carboxylic acids is 1. The van der Waals surface area contributed by atoms with Crippen LogP contribution in [0.15, 0.2) is 42.6 Å². The van der Waals surface area contributed by atoms with Gasteiger partial charge < -0.3 is 20.1 Å². The van der Waals surface area contributed by atoms with Crippen molar-refractivity contribution in [2.75, 3.05) is 25.0 Å². The molecule has 1 saturated heterocycles.